The van der Waals surface area contributed by atoms with Crippen molar-refractivity contribution in [3.63, 3.8) is 0 Å². The molecule has 0 rings (SSSR count). The molecule has 108 valence electrons. The number of carbonyl (C=O) groups is 3. The van der Waals surface area contributed by atoms with Gasteiger partial charge in [-0.2, -0.15) is 0 Å². The molecule has 0 bridgehead atoms. The Morgan fingerprint density at radius 2 is 0.750 bits per heavy atom. The fourth-order valence-corrected chi connectivity index (χ4v) is 0.642. The average Bonchev–Trinajstić information content (AvgIpc) is 2.18. The second-order valence-corrected chi connectivity index (χ2v) is 3.43. The second kappa shape index (κ2) is 26.9. The van der Waals surface area contributed by atoms with E-state index >= 15 is 0 Å². The minimum atomic E-state index is -0.711. The van der Waals surface area contributed by atoms with Gasteiger partial charge in [-0.1, -0.05) is 20.8 Å². The van der Waals surface area contributed by atoms with Crippen LogP contribution in [-0.4, -0.2) is 67.9 Å². The summed E-state index contributed by atoms with van der Waals surface area (Å²) in [6.45, 7) is 5.52. The number of carboxylic acids is 3. The Morgan fingerprint density at radius 3 is 0.750 bits per heavy atom. The maximum Gasteiger partial charge on any atom is 3.00 e. The molecule has 0 radical (unpaired) electrons. The van der Waals surface area contributed by atoms with Crippen molar-refractivity contribution >= 4 is 52.6 Å². The molecular formula is C12H24Al2O6+6. The average molecular weight is 318 g/mol. The summed E-state index contributed by atoms with van der Waals surface area (Å²) in [5.41, 5.74) is 0. The first-order valence-electron chi connectivity index (χ1n) is 5.97. The molecule has 0 unspecified atom stereocenters. The molecule has 0 saturated carbocycles. The van der Waals surface area contributed by atoms with E-state index < -0.39 is 17.9 Å². The SMILES string of the molecule is CCCC(=O)O.CCCC(=O)O.CCCC(=O)O.[Al+3].[Al+3]. The van der Waals surface area contributed by atoms with E-state index in [4.69, 9.17) is 15.3 Å². The normalized spacial score (nSPS) is 7.35. The van der Waals surface area contributed by atoms with Crippen LogP contribution >= 0.6 is 0 Å². The van der Waals surface area contributed by atoms with Gasteiger partial charge in [-0.15, -0.1) is 0 Å². The van der Waals surface area contributed by atoms with Crippen molar-refractivity contribution in [3.8, 4) is 0 Å². The molecule has 0 aromatic heterocycles. The molecule has 0 saturated heterocycles. The standard InChI is InChI=1S/3C4H8O2.2Al/c3*1-2-3-4(5)6;;/h3*2-3H2,1H3,(H,5,6);;/q;;;2*+3. The molecule has 6 nitrogen and oxygen atoms in total. The zero-order valence-corrected chi connectivity index (χ0v) is 14.8. The number of hydrogen-bond acceptors (Lipinski definition) is 3. The van der Waals surface area contributed by atoms with Gasteiger partial charge in [0.15, 0.2) is 0 Å². The van der Waals surface area contributed by atoms with Gasteiger partial charge >= 0.3 is 52.6 Å². The zero-order chi connectivity index (χ0) is 15.0. The van der Waals surface area contributed by atoms with E-state index in [0.717, 1.165) is 19.3 Å². The summed E-state index contributed by atoms with van der Waals surface area (Å²) >= 11 is 0. The molecule has 20 heavy (non-hydrogen) atoms. The van der Waals surface area contributed by atoms with Crippen molar-refractivity contribution in [1.29, 1.82) is 0 Å². The van der Waals surface area contributed by atoms with Gasteiger partial charge in [-0.3, -0.25) is 14.4 Å². The summed E-state index contributed by atoms with van der Waals surface area (Å²) in [5.74, 6) is -2.13. The predicted molar refractivity (Wildman–Crippen MR) is 79.1 cm³/mol. The van der Waals surface area contributed by atoms with Crippen molar-refractivity contribution < 1.29 is 29.7 Å². The molecule has 0 amide bonds. The maximum atomic E-state index is 9.60. The summed E-state index contributed by atoms with van der Waals surface area (Å²) in [6.07, 6.45) is 3.07. The summed E-state index contributed by atoms with van der Waals surface area (Å²) < 4.78 is 0. The van der Waals surface area contributed by atoms with E-state index in [1.807, 2.05) is 20.8 Å². The molecule has 8 heteroatoms. The van der Waals surface area contributed by atoms with E-state index in [1.54, 1.807) is 0 Å². The molecule has 0 aromatic carbocycles. The molecule has 0 aliphatic carbocycles. The van der Waals surface area contributed by atoms with Crippen LogP contribution in [-0.2, 0) is 14.4 Å². The smallest absolute Gasteiger partial charge is 0.481 e. The van der Waals surface area contributed by atoms with Gasteiger partial charge in [-0.05, 0) is 19.3 Å². The number of aliphatic carboxylic acids is 3. The molecule has 0 aliphatic heterocycles. The molecule has 0 aromatic rings. The first-order chi connectivity index (χ1) is 8.31. The van der Waals surface area contributed by atoms with Crippen LogP contribution in [0.2, 0.25) is 0 Å². The van der Waals surface area contributed by atoms with Crippen LogP contribution in [0.25, 0.3) is 0 Å². The van der Waals surface area contributed by atoms with Crippen LogP contribution < -0.4 is 0 Å². The van der Waals surface area contributed by atoms with E-state index in [9.17, 15) is 14.4 Å². The largest absolute Gasteiger partial charge is 3.00 e. The van der Waals surface area contributed by atoms with Crippen LogP contribution in [0.1, 0.15) is 59.3 Å². The van der Waals surface area contributed by atoms with Gasteiger partial charge in [0.1, 0.15) is 0 Å². The topological polar surface area (TPSA) is 112 Å². The van der Waals surface area contributed by atoms with Crippen LogP contribution in [0.3, 0.4) is 0 Å². The van der Waals surface area contributed by atoms with Crippen LogP contribution in [0, 0.1) is 0 Å². The third-order valence-electron chi connectivity index (χ3n) is 1.39. The molecule has 0 atom stereocenters. The summed E-state index contributed by atoms with van der Waals surface area (Å²) in [4.78, 5) is 28.8. The van der Waals surface area contributed by atoms with Crippen molar-refractivity contribution in [2.75, 3.05) is 0 Å². The van der Waals surface area contributed by atoms with Gasteiger partial charge in [-0.25, -0.2) is 0 Å². The van der Waals surface area contributed by atoms with Gasteiger partial charge in [0.25, 0.3) is 0 Å². The van der Waals surface area contributed by atoms with Gasteiger partial charge in [0.05, 0.1) is 0 Å². The number of rotatable bonds is 6. The van der Waals surface area contributed by atoms with Gasteiger partial charge in [0.2, 0.25) is 0 Å². The van der Waals surface area contributed by atoms with Gasteiger partial charge in [0, 0.05) is 19.3 Å². The Hall–Kier alpha value is -0.525. The van der Waals surface area contributed by atoms with Gasteiger partial charge < -0.3 is 15.3 Å². The fraction of sp³-hybridized carbons (Fsp3) is 0.750. The van der Waals surface area contributed by atoms with E-state index in [0.29, 0.717) is 19.3 Å². The third-order valence-corrected chi connectivity index (χ3v) is 1.39. The van der Waals surface area contributed by atoms with Crippen molar-refractivity contribution in [2.45, 2.75) is 59.3 Å². The number of hydrogen-bond donors (Lipinski definition) is 3. The summed E-state index contributed by atoms with van der Waals surface area (Å²) in [6, 6.07) is 0. The Balaban J connectivity index is -0.0000000536. The molecule has 3 N–H and O–H groups in total. The monoisotopic (exact) mass is 318 g/mol. The van der Waals surface area contributed by atoms with Crippen molar-refractivity contribution in [2.24, 2.45) is 0 Å². The van der Waals surface area contributed by atoms with E-state index in [-0.39, 0.29) is 34.7 Å². The molecule has 0 heterocycles. The Bertz CT molecular complexity index is 196. The third kappa shape index (κ3) is 66.0. The molecule has 0 spiro atoms. The quantitative estimate of drug-likeness (QED) is 0.644. The van der Waals surface area contributed by atoms with Crippen LogP contribution in [0.15, 0.2) is 0 Å². The van der Waals surface area contributed by atoms with E-state index in [1.165, 1.54) is 0 Å². The number of carboxylic acid groups (broad SMARTS) is 3. The van der Waals surface area contributed by atoms with Crippen molar-refractivity contribution in [1.82, 2.24) is 0 Å². The zero-order valence-electron chi connectivity index (χ0n) is 12.5. The van der Waals surface area contributed by atoms with Crippen molar-refractivity contribution in [3.05, 3.63) is 0 Å². The van der Waals surface area contributed by atoms with Crippen LogP contribution in [0.4, 0.5) is 0 Å². The first kappa shape index (κ1) is 31.7. The van der Waals surface area contributed by atoms with Crippen LogP contribution in [0.5, 0.6) is 0 Å². The Labute approximate surface area is 141 Å². The summed E-state index contributed by atoms with van der Waals surface area (Å²) in [5, 5.41) is 23.7. The molecule has 0 fully saturated rings. The fourth-order valence-electron chi connectivity index (χ4n) is 0.642. The minimum Gasteiger partial charge on any atom is -0.481 e. The maximum absolute atomic E-state index is 9.60. The molecule has 0 aliphatic rings. The minimum absolute atomic E-state index is 0. The van der Waals surface area contributed by atoms with E-state index in [2.05, 4.69) is 0 Å². The predicted octanol–water partition coefficient (Wildman–Crippen LogP) is 1.85. The summed E-state index contributed by atoms with van der Waals surface area (Å²) in [7, 11) is 0. The first-order valence-corrected chi connectivity index (χ1v) is 5.97. The Morgan fingerprint density at radius 1 is 0.600 bits per heavy atom. The molecular weight excluding hydrogens is 294 g/mol. The second-order valence-electron chi connectivity index (χ2n) is 3.43. The Kier molecular flexibility index (Phi) is 42.7.